The van der Waals surface area contributed by atoms with Crippen molar-refractivity contribution in [3.05, 3.63) is 58.6 Å². The highest BCUT2D eigenvalue weighted by Gasteiger charge is 2.25. The van der Waals surface area contributed by atoms with Crippen LogP contribution in [-0.4, -0.2) is 36.7 Å². The largest absolute Gasteiger partial charge is 0.352 e. The van der Waals surface area contributed by atoms with Gasteiger partial charge in [0.2, 0.25) is 5.91 Å². The second kappa shape index (κ2) is 10.7. The third-order valence-corrected chi connectivity index (χ3v) is 7.24. The highest BCUT2D eigenvalue weighted by atomic mass is 32.2. The van der Waals surface area contributed by atoms with Crippen molar-refractivity contribution >= 4 is 28.8 Å². The number of benzene rings is 1. The van der Waals surface area contributed by atoms with Crippen molar-refractivity contribution in [2.24, 2.45) is 0 Å². The molecule has 1 unspecified atom stereocenters. The van der Waals surface area contributed by atoms with Crippen molar-refractivity contribution in [2.75, 3.05) is 0 Å². The van der Waals surface area contributed by atoms with Crippen LogP contribution in [0.4, 0.5) is 0 Å². The summed E-state index contributed by atoms with van der Waals surface area (Å²) in [6.07, 6.45) is 10.0. The van der Waals surface area contributed by atoms with Crippen molar-refractivity contribution in [1.82, 2.24) is 24.8 Å². The minimum atomic E-state index is -0.319. The third kappa shape index (κ3) is 5.35. The second-order valence-corrected chi connectivity index (χ2v) is 9.34. The lowest BCUT2D eigenvalue weighted by Crippen LogP contribution is -2.41. The molecule has 4 rings (SSSR count). The first-order valence-corrected chi connectivity index (χ1v) is 12.3. The molecule has 0 saturated heterocycles. The van der Waals surface area contributed by atoms with Gasteiger partial charge in [0.15, 0.2) is 16.3 Å². The van der Waals surface area contributed by atoms with Crippen LogP contribution in [-0.2, 0) is 17.8 Å². The van der Waals surface area contributed by atoms with Gasteiger partial charge in [0, 0.05) is 25.0 Å². The van der Waals surface area contributed by atoms with Crippen LogP contribution in [0.5, 0.6) is 0 Å². The van der Waals surface area contributed by atoms with Gasteiger partial charge in [-0.2, -0.15) is 0 Å². The van der Waals surface area contributed by atoms with E-state index in [4.69, 9.17) is 0 Å². The summed E-state index contributed by atoms with van der Waals surface area (Å²) in [5.41, 5.74) is 1.49. The van der Waals surface area contributed by atoms with Crippen molar-refractivity contribution in [3.8, 4) is 0 Å². The Morgan fingerprint density at radius 2 is 1.91 bits per heavy atom. The number of carbonyl (C=O) groups excluding carboxylic acids is 1. The van der Waals surface area contributed by atoms with Gasteiger partial charge in [-0.15, -0.1) is 0 Å². The van der Waals surface area contributed by atoms with Crippen LogP contribution in [0.15, 0.2) is 52.7 Å². The van der Waals surface area contributed by atoms with Gasteiger partial charge in [-0.3, -0.25) is 14.2 Å². The van der Waals surface area contributed by atoms with Crippen LogP contribution in [0.2, 0.25) is 0 Å². The number of aromatic nitrogens is 4. The van der Waals surface area contributed by atoms with Gasteiger partial charge in [0.25, 0.3) is 5.56 Å². The third-order valence-electron chi connectivity index (χ3n) is 5.89. The molecule has 2 heterocycles. The molecule has 0 radical (unpaired) electrons. The molecule has 1 N–H and O–H groups in total. The van der Waals surface area contributed by atoms with E-state index in [0.717, 1.165) is 18.4 Å². The number of hydrogen-bond acceptors (Lipinski definition) is 6. The van der Waals surface area contributed by atoms with E-state index in [0.29, 0.717) is 30.2 Å². The summed E-state index contributed by atoms with van der Waals surface area (Å²) in [5.74, 6) is 0.0208. The summed E-state index contributed by atoms with van der Waals surface area (Å²) >= 11 is 1.35. The monoisotopic (exact) mass is 451 g/mol. The highest BCUT2D eigenvalue weighted by molar-refractivity contribution is 8.00. The van der Waals surface area contributed by atoms with Gasteiger partial charge >= 0.3 is 0 Å². The number of carbonyl (C=O) groups is 1. The van der Waals surface area contributed by atoms with E-state index >= 15 is 0 Å². The number of aryl methyl sites for hydroxylation is 1. The topological polar surface area (TPSA) is 89.8 Å². The molecule has 168 valence electrons. The van der Waals surface area contributed by atoms with Crippen LogP contribution >= 0.6 is 11.8 Å². The van der Waals surface area contributed by atoms with Gasteiger partial charge in [-0.05, 0) is 31.2 Å². The fraction of sp³-hybridized carbons (Fsp3) is 0.458. The second-order valence-electron chi connectivity index (χ2n) is 8.17. The number of thioether (sulfide) groups is 1. The molecule has 1 aliphatic rings. The van der Waals surface area contributed by atoms with E-state index in [1.807, 2.05) is 37.3 Å². The standard InChI is InChI=1S/C24H29N5O2S/c1-2-19(22(30)27-18-11-7-4-8-12-18)32-24-28-21-20(25-14-15-26-21)23(31)29(24)16-13-17-9-5-3-6-10-17/h3,5-6,9-10,14-15,18-19H,2,4,7-8,11-13,16H2,1H3,(H,27,30). The zero-order valence-corrected chi connectivity index (χ0v) is 19.2. The summed E-state index contributed by atoms with van der Waals surface area (Å²) in [6, 6.07) is 10.3. The highest BCUT2D eigenvalue weighted by Crippen LogP contribution is 2.26. The van der Waals surface area contributed by atoms with Gasteiger partial charge in [0.1, 0.15) is 0 Å². The number of nitrogens with zero attached hydrogens (tertiary/aromatic N) is 4. The van der Waals surface area contributed by atoms with Crippen LogP contribution in [0, 0.1) is 0 Å². The summed E-state index contributed by atoms with van der Waals surface area (Å²) in [4.78, 5) is 39.3. The van der Waals surface area contributed by atoms with Crippen molar-refractivity contribution in [3.63, 3.8) is 0 Å². The van der Waals surface area contributed by atoms with E-state index in [1.54, 1.807) is 4.57 Å². The zero-order valence-electron chi connectivity index (χ0n) is 18.4. The van der Waals surface area contributed by atoms with Crippen LogP contribution in [0.3, 0.4) is 0 Å². The predicted molar refractivity (Wildman–Crippen MR) is 127 cm³/mol. The lowest BCUT2D eigenvalue weighted by Gasteiger charge is -2.25. The Balaban J connectivity index is 1.60. The Morgan fingerprint density at radius 1 is 1.16 bits per heavy atom. The molecule has 1 amide bonds. The van der Waals surface area contributed by atoms with Crippen LogP contribution in [0.25, 0.3) is 11.2 Å². The van der Waals surface area contributed by atoms with Crippen LogP contribution < -0.4 is 10.9 Å². The Labute approximate surface area is 192 Å². The van der Waals surface area contributed by atoms with Crippen molar-refractivity contribution in [1.29, 1.82) is 0 Å². The van der Waals surface area contributed by atoms with Gasteiger partial charge in [-0.25, -0.2) is 15.0 Å². The van der Waals surface area contributed by atoms with Crippen LogP contribution in [0.1, 0.15) is 51.0 Å². The smallest absolute Gasteiger partial charge is 0.282 e. The van der Waals surface area contributed by atoms with E-state index in [-0.39, 0.29) is 28.3 Å². The molecular formula is C24H29N5O2S. The maximum Gasteiger partial charge on any atom is 0.282 e. The Hall–Kier alpha value is -2.74. The molecular weight excluding hydrogens is 422 g/mol. The van der Waals surface area contributed by atoms with Gasteiger partial charge in [-0.1, -0.05) is 68.3 Å². The maximum atomic E-state index is 13.2. The molecule has 7 nitrogen and oxygen atoms in total. The molecule has 1 saturated carbocycles. The van der Waals surface area contributed by atoms with E-state index in [9.17, 15) is 9.59 Å². The molecule has 0 aliphatic heterocycles. The van der Waals surface area contributed by atoms with Crippen molar-refractivity contribution < 1.29 is 4.79 Å². The fourth-order valence-corrected chi connectivity index (χ4v) is 5.13. The molecule has 3 aromatic rings. The molecule has 1 aliphatic carbocycles. The summed E-state index contributed by atoms with van der Waals surface area (Å²) in [5, 5.41) is 3.42. The van der Waals surface area contributed by atoms with Gasteiger partial charge < -0.3 is 5.32 Å². The number of fused-ring (bicyclic) bond motifs is 1. The molecule has 1 atom stereocenters. The first-order chi connectivity index (χ1) is 15.7. The zero-order chi connectivity index (χ0) is 22.3. The normalized spacial score (nSPS) is 15.5. The van der Waals surface area contributed by atoms with E-state index in [2.05, 4.69) is 20.3 Å². The van der Waals surface area contributed by atoms with Gasteiger partial charge in [0.05, 0.1) is 5.25 Å². The number of rotatable bonds is 8. The lowest BCUT2D eigenvalue weighted by molar-refractivity contribution is -0.121. The number of hydrogen-bond donors (Lipinski definition) is 1. The number of nitrogens with one attached hydrogen (secondary N) is 1. The average Bonchev–Trinajstić information content (AvgIpc) is 2.83. The molecule has 1 fully saturated rings. The molecule has 1 aromatic carbocycles. The Kier molecular flexibility index (Phi) is 7.52. The first-order valence-electron chi connectivity index (χ1n) is 11.4. The molecule has 2 aromatic heterocycles. The number of amides is 1. The van der Waals surface area contributed by atoms with E-state index in [1.165, 1.54) is 43.4 Å². The molecule has 32 heavy (non-hydrogen) atoms. The summed E-state index contributed by atoms with van der Waals surface area (Å²) in [7, 11) is 0. The minimum absolute atomic E-state index is 0.0208. The maximum absolute atomic E-state index is 13.2. The van der Waals surface area contributed by atoms with Crippen molar-refractivity contribution in [2.45, 2.75) is 74.9 Å². The lowest BCUT2D eigenvalue weighted by atomic mass is 9.95. The first kappa shape index (κ1) is 22.5. The Bertz CT molecular complexity index is 1110. The minimum Gasteiger partial charge on any atom is -0.352 e. The summed E-state index contributed by atoms with van der Waals surface area (Å²) in [6.45, 7) is 2.46. The fourth-order valence-electron chi connectivity index (χ4n) is 4.09. The SMILES string of the molecule is CCC(Sc1nc2nccnc2c(=O)n1CCc1ccccc1)C(=O)NC1CCCCC1. The average molecular weight is 452 g/mol. The van der Waals surface area contributed by atoms with E-state index < -0.39 is 0 Å². The Morgan fingerprint density at radius 3 is 2.66 bits per heavy atom. The molecule has 0 bridgehead atoms. The quantitative estimate of drug-likeness (QED) is 0.414. The predicted octanol–water partition coefficient (Wildman–Crippen LogP) is 3.75. The summed E-state index contributed by atoms with van der Waals surface area (Å²) < 4.78 is 1.64. The molecule has 0 spiro atoms. The molecule has 8 heteroatoms.